The molecule has 0 spiro atoms. The summed E-state index contributed by atoms with van der Waals surface area (Å²) in [6, 6.07) is 5.62. The average molecular weight is 514 g/mol. The molecule has 2 aliphatic rings. The molecule has 0 radical (unpaired) electrons. The van der Waals surface area contributed by atoms with Crippen molar-refractivity contribution in [3.63, 3.8) is 0 Å². The number of aromatic nitrogens is 4. The van der Waals surface area contributed by atoms with E-state index in [0.29, 0.717) is 35.1 Å². The second-order valence-corrected chi connectivity index (χ2v) is 10.1. The molecule has 2 aromatic heterocycles. The van der Waals surface area contributed by atoms with E-state index in [2.05, 4.69) is 32.1 Å². The Kier molecular flexibility index (Phi) is 6.26. The number of carbonyl (C=O) groups is 1. The van der Waals surface area contributed by atoms with E-state index in [4.69, 9.17) is 23.2 Å². The monoisotopic (exact) mass is 513 g/mol. The summed E-state index contributed by atoms with van der Waals surface area (Å²) in [4.78, 5) is 25.5. The number of rotatable bonds is 3. The van der Waals surface area contributed by atoms with E-state index in [1.807, 2.05) is 0 Å². The molecule has 2 unspecified atom stereocenters. The van der Waals surface area contributed by atoms with Gasteiger partial charge in [-0.25, -0.2) is 19.3 Å². The van der Waals surface area contributed by atoms with Crippen LogP contribution >= 0.6 is 23.2 Å². The van der Waals surface area contributed by atoms with Gasteiger partial charge < -0.3 is 15.0 Å². The summed E-state index contributed by atoms with van der Waals surface area (Å²) < 4.78 is 15.2. The molecule has 2 atom stereocenters. The Balaban J connectivity index is 1.29. The molecule has 2 N–H and O–H groups in total. The molecular formula is C25H22Cl2FN5O2. The number of imidazole rings is 1. The van der Waals surface area contributed by atoms with Crippen LogP contribution in [0.15, 0.2) is 36.9 Å². The lowest BCUT2D eigenvalue weighted by atomic mass is 9.92. The Morgan fingerprint density at radius 1 is 1.20 bits per heavy atom. The maximum absolute atomic E-state index is 13.5. The molecular weight excluding hydrogens is 492 g/mol. The van der Waals surface area contributed by atoms with Crippen molar-refractivity contribution in [1.82, 2.24) is 19.5 Å². The number of halogens is 3. The van der Waals surface area contributed by atoms with Gasteiger partial charge in [0.1, 0.15) is 34.3 Å². The molecule has 0 saturated heterocycles. The fourth-order valence-electron chi connectivity index (χ4n) is 5.36. The Bertz CT molecular complexity index is 1350. The molecule has 1 amide bonds. The van der Waals surface area contributed by atoms with E-state index in [0.717, 1.165) is 18.5 Å². The number of anilines is 1. The van der Waals surface area contributed by atoms with Crippen LogP contribution in [0.4, 0.5) is 10.1 Å². The Morgan fingerprint density at radius 3 is 2.63 bits per heavy atom. The fourth-order valence-corrected chi connectivity index (χ4v) is 5.69. The number of aliphatic hydroxyl groups is 1. The quantitative estimate of drug-likeness (QED) is 0.394. The standard InChI is InChI=1S/C25H22Cl2FN5O2/c1-33-13-31-22(23(33)24(34)32-18-2-3-20(28)19(26)8-18)14-6-15-10-25(35,11-16(15)7-14)5-4-17-9-21(27)30-12-29-17/h2-3,8-9,12-16,35H,6-7,10-11H2,1H3,(H,32,34). The molecule has 10 heteroatoms. The van der Waals surface area contributed by atoms with Gasteiger partial charge in [-0.2, -0.15) is 0 Å². The Labute approximate surface area is 211 Å². The molecule has 2 saturated carbocycles. The largest absolute Gasteiger partial charge is 0.378 e. The van der Waals surface area contributed by atoms with Crippen LogP contribution < -0.4 is 5.32 Å². The van der Waals surface area contributed by atoms with Gasteiger partial charge in [0.25, 0.3) is 5.91 Å². The van der Waals surface area contributed by atoms with Crippen molar-refractivity contribution in [3.8, 4) is 11.8 Å². The number of aryl methyl sites for hydroxylation is 1. The highest BCUT2D eigenvalue weighted by Gasteiger charge is 2.49. The van der Waals surface area contributed by atoms with E-state index < -0.39 is 11.4 Å². The number of nitrogens with zero attached hydrogens (tertiary/aromatic N) is 4. The zero-order valence-corrected chi connectivity index (χ0v) is 20.3. The van der Waals surface area contributed by atoms with Gasteiger partial charge in [-0.1, -0.05) is 29.1 Å². The normalized spacial score (nSPS) is 25.1. The zero-order valence-electron chi connectivity index (χ0n) is 18.8. The van der Waals surface area contributed by atoms with Crippen LogP contribution in [-0.2, 0) is 7.05 Å². The van der Waals surface area contributed by atoms with Crippen molar-refractivity contribution in [3.05, 3.63) is 70.0 Å². The number of hydrogen-bond acceptors (Lipinski definition) is 5. The average Bonchev–Trinajstić information content (AvgIpc) is 3.46. The van der Waals surface area contributed by atoms with Crippen molar-refractivity contribution in [2.24, 2.45) is 18.9 Å². The Morgan fingerprint density at radius 2 is 1.94 bits per heavy atom. The third-order valence-electron chi connectivity index (χ3n) is 6.84. The number of nitrogens with one attached hydrogen (secondary N) is 1. The van der Waals surface area contributed by atoms with Crippen molar-refractivity contribution in [1.29, 1.82) is 0 Å². The van der Waals surface area contributed by atoms with E-state index >= 15 is 0 Å². The first-order valence-corrected chi connectivity index (χ1v) is 12.0. The maximum atomic E-state index is 13.5. The lowest BCUT2D eigenvalue weighted by Crippen LogP contribution is -2.24. The van der Waals surface area contributed by atoms with E-state index in [1.54, 1.807) is 24.0 Å². The van der Waals surface area contributed by atoms with Gasteiger partial charge in [0.2, 0.25) is 0 Å². The van der Waals surface area contributed by atoms with E-state index in [-0.39, 0.29) is 28.7 Å². The summed E-state index contributed by atoms with van der Waals surface area (Å²) in [5.74, 6) is 5.69. The topological polar surface area (TPSA) is 92.9 Å². The van der Waals surface area contributed by atoms with Gasteiger partial charge in [0, 0.05) is 24.7 Å². The third-order valence-corrected chi connectivity index (χ3v) is 7.34. The van der Waals surface area contributed by atoms with E-state index in [9.17, 15) is 14.3 Å². The number of amides is 1. The molecule has 0 bridgehead atoms. The minimum Gasteiger partial charge on any atom is -0.378 e. The van der Waals surface area contributed by atoms with Gasteiger partial charge in [-0.15, -0.1) is 0 Å². The second-order valence-electron chi connectivity index (χ2n) is 9.28. The summed E-state index contributed by atoms with van der Waals surface area (Å²) >= 11 is 11.7. The van der Waals surface area contributed by atoms with Crippen LogP contribution in [0.5, 0.6) is 0 Å². The molecule has 2 fully saturated rings. The van der Waals surface area contributed by atoms with Crippen LogP contribution in [0.1, 0.15) is 53.5 Å². The highest BCUT2D eigenvalue weighted by Crippen LogP contribution is 2.53. The smallest absolute Gasteiger partial charge is 0.274 e. The van der Waals surface area contributed by atoms with Gasteiger partial charge >= 0.3 is 0 Å². The van der Waals surface area contributed by atoms with Gasteiger partial charge in [0.15, 0.2) is 0 Å². The van der Waals surface area contributed by atoms with Crippen molar-refractivity contribution in [2.45, 2.75) is 37.2 Å². The molecule has 7 nitrogen and oxygen atoms in total. The molecule has 1 aromatic carbocycles. The highest BCUT2D eigenvalue weighted by atomic mass is 35.5. The number of benzene rings is 1. The minimum atomic E-state index is -1.08. The minimum absolute atomic E-state index is 0.0601. The number of carbonyl (C=O) groups excluding carboxylic acids is 1. The lowest BCUT2D eigenvalue weighted by molar-refractivity contribution is 0.0979. The second kappa shape index (κ2) is 9.23. The van der Waals surface area contributed by atoms with Crippen molar-refractivity contribution in [2.75, 3.05) is 5.32 Å². The predicted molar refractivity (Wildman–Crippen MR) is 130 cm³/mol. The molecule has 5 rings (SSSR count). The SMILES string of the molecule is Cn1cnc(C2CC3CC(O)(C#Cc4cc(Cl)ncn4)CC3C2)c1C(=O)Nc1ccc(F)c(Cl)c1. The summed E-state index contributed by atoms with van der Waals surface area (Å²) in [7, 11) is 1.77. The summed E-state index contributed by atoms with van der Waals surface area (Å²) in [5, 5.41) is 14.1. The number of fused-ring (bicyclic) bond motifs is 1. The van der Waals surface area contributed by atoms with Gasteiger partial charge in [-0.05, 0) is 61.6 Å². The molecule has 2 aliphatic carbocycles. The summed E-state index contributed by atoms with van der Waals surface area (Å²) in [6.45, 7) is 0. The van der Waals surface area contributed by atoms with Crippen molar-refractivity contribution >= 4 is 34.8 Å². The first-order chi connectivity index (χ1) is 16.7. The zero-order chi connectivity index (χ0) is 24.7. The predicted octanol–water partition coefficient (Wildman–Crippen LogP) is 4.59. The first-order valence-electron chi connectivity index (χ1n) is 11.2. The lowest BCUT2D eigenvalue weighted by Gasteiger charge is -2.19. The van der Waals surface area contributed by atoms with Crippen LogP contribution in [-0.4, -0.2) is 36.1 Å². The summed E-state index contributed by atoms with van der Waals surface area (Å²) in [6.07, 6.45) is 5.71. The summed E-state index contributed by atoms with van der Waals surface area (Å²) in [5.41, 5.74) is 0.999. The first kappa shape index (κ1) is 23.7. The van der Waals surface area contributed by atoms with E-state index in [1.165, 1.54) is 24.5 Å². The van der Waals surface area contributed by atoms with Gasteiger partial charge in [-0.3, -0.25) is 4.79 Å². The molecule has 2 heterocycles. The van der Waals surface area contributed by atoms with Crippen LogP contribution in [0, 0.1) is 29.5 Å². The molecule has 3 aromatic rings. The fraction of sp³-hybridized carbons (Fsp3) is 0.360. The third kappa shape index (κ3) is 4.90. The van der Waals surface area contributed by atoms with Gasteiger partial charge in [0.05, 0.1) is 17.0 Å². The molecule has 35 heavy (non-hydrogen) atoms. The number of hydrogen-bond donors (Lipinski definition) is 2. The van der Waals surface area contributed by atoms with Crippen LogP contribution in [0.25, 0.3) is 0 Å². The van der Waals surface area contributed by atoms with Crippen molar-refractivity contribution < 1.29 is 14.3 Å². The Hall–Kier alpha value is -2.99. The highest BCUT2D eigenvalue weighted by molar-refractivity contribution is 6.31. The molecule has 180 valence electrons. The maximum Gasteiger partial charge on any atom is 0.274 e. The molecule has 0 aliphatic heterocycles. The van der Waals surface area contributed by atoms with Crippen LogP contribution in [0.3, 0.4) is 0 Å². The van der Waals surface area contributed by atoms with Crippen LogP contribution in [0.2, 0.25) is 10.2 Å².